The minimum absolute atomic E-state index is 0.284. The zero-order valence-corrected chi connectivity index (χ0v) is 18.4. The molecule has 1 N–H and O–H groups in total. The van der Waals surface area contributed by atoms with Gasteiger partial charge < -0.3 is 14.6 Å². The number of esters is 1. The third-order valence-corrected chi connectivity index (χ3v) is 7.01. The lowest BCUT2D eigenvalue weighted by Crippen LogP contribution is -2.25. The van der Waals surface area contributed by atoms with Crippen molar-refractivity contribution in [2.75, 3.05) is 7.11 Å². The molecule has 3 atom stereocenters. The summed E-state index contributed by atoms with van der Waals surface area (Å²) in [4.78, 5) is 11.8. The molecule has 2 heterocycles. The standard InChI is InChI=1S/C27H21FN2O4/c1-33-25(32)24(31)22-5-3-2-4-17(22)10-12-26-13-11-19-14-23-18(15-27(19,26)34-26)16-29-30(23)21-8-6-20(28)7-9-21/h2-9,14,16,24,31H,11,13,15H2,1H3. The van der Waals surface area contributed by atoms with Gasteiger partial charge in [0.25, 0.3) is 0 Å². The van der Waals surface area contributed by atoms with E-state index in [9.17, 15) is 14.3 Å². The van der Waals surface area contributed by atoms with E-state index in [4.69, 9.17) is 4.74 Å². The summed E-state index contributed by atoms with van der Waals surface area (Å²) in [5.74, 6) is 5.47. The van der Waals surface area contributed by atoms with Gasteiger partial charge in [-0.15, -0.1) is 0 Å². The first kappa shape index (κ1) is 20.8. The fraction of sp³-hybridized carbons (Fsp3) is 0.259. The predicted molar refractivity (Wildman–Crippen MR) is 121 cm³/mol. The first-order chi connectivity index (χ1) is 16.5. The molecule has 6 nitrogen and oxygen atoms in total. The normalized spacial score (nSPS) is 24.6. The fourth-order valence-electron chi connectivity index (χ4n) is 5.19. The second kappa shape index (κ2) is 7.39. The fourth-order valence-corrected chi connectivity index (χ4v) is 5.19. The first-order valence-corrected chi connectivity index (χ1v) is 11.1. The molecular formula is C27H21FN2O4. The molecule has 170 valence electrons. The van der Waals surface area contributed by atoms with E-state index in [0.29, 0.717) is 17.5 Å². The second-order valence-electron chi connectivity index (χ2n) is 8.81. The third-order valence-electron chi connectivity index (χ3n) is 7.01. The Morgan fingerprint density at radius 2 is 2.06 bits per heavy atom. The summed E-state index contributed by atoms with van der Waals surface area (Å²) in [5.41, 5.74) is 3.93. The van der Waals surface area contributed by atoms with Crippen LogP contribution in [0, 0.1) is 17.7 Å². The van der Waals surface area contributed by atoms with E-state index in [0.717, 1.165) is 29.8 Å². The highest BCUT2D eigenvalue weighted by Gasteiger charge is 2.75. The SMILES string of the molecule is COC(=O)C(O)c1ccccc1C#CC12CCC3=Cc4c(cnn4-c4ccc(F)cc4)CC31O2. The van der Waals surface area contributed by atoms with Gasteiger partial charge in [0, 0.05) is 23.1 Å². The van der Waals surface area contributed by atoms with E-state index in [1.165, 1.54) is 24.8 Å². The monoisotopic (exact) mass is 456 g/mol. The maximum absolute atomic E-state index is 13.4. The van der Waals surface area contributed by atoms with Gasteiger partial charge in [-0.2, -0.15) is 5.10 Å². The number of aliphatic hydroxyl groups is 1. The number of rotatable bonds is 3. The number of methoxy groups -OCH3 is 1. The van der Waals surface area contributed by atoms with Gasteiger partial charge in [0.1, 0.15) is 11.4 Å². The Balaban J connectivity index is 1.32. The predicted octanol–water partition coefficient (Wildman–Crippen LogP) is 3.51. The molecule has 0 radical (unpaired) electrons. The van der Waals surface area contributed by atoms with Crippen molar-refractivity contribution in [3.63, 3.8) is 0 Å². The summed E-state index contributed by atoms with van der Waals surface area (Å²) < 4.78 is 26.2. The van der Waals surface area contributed by atoms with Crippen molar-refractivity contribution in [3.8, 4) is 17.5 Å². The van der Waals surface area contributed by atoms with Crippen molar-refractivity contribution in [1.29, 1.82) is 0 Å². The molecule has 2 fully saturated rings. The lowest BCUT2D eigenvalue weighted by Gasteiger charge is -2.19. The number of aliphatic hydroxyl groups excluding tert-OH is 1. The Kier molecular flexibility index (Phi) is 4.53. The lowest BCUT2D eigenvalue weighted by molar-refractivity contribution is -0.150. The van der Waals surface area contributed by atoms with Crippen LogP contribution in [0.3, 0.4) is 0 Å². The second-order valence-corrected chi connectivity index (χ2v) is 8.81. The maximum Gasteiger partial charge on any atom is 0.339 e. The van der Waals surface area contributed by atoms with E-state index in [2.05, 4.69) is 27.8 Å². The number of nitrogens with zero attached hydrogens (tertiary/aromatic N) is 2. The highest BCUT2D eigenvalue weighted by Crippen LogP contribution is 2.65. The Morgan fingerprint density at radius 3 is 2.85 bits per heavy atom. The summed E-state index contributed by atoms with van der Waals surface area (Å²) in [6, 6.07) is 13.3. The molecule has 3 aliphatic rings. The van der Waals surface area contributed by atoms with Gasteiger partial charge in [-0.3, -0.25) is 0 Å². The summed E-state index contributed by atoms with van der Waals surface area (Å²) in [6.07, 6.45) is 4.85. The molecule has 6 rings (SSSR count). The first-order valence-electron chi connectivity index (χ1n) is 11.1. The topological polar surface area (TPSA) is 76.9 Å². The molecule has 1 saturated heterocycles. The van der Waals surface area contributed by atoms with Crippen LogP contribution >= 0.6 is 0 Å². The Labute approximate surface area is 195 Å². The number of epoxide rings is 1. The van der Waals surface area contributed by atoms with Crippen LogP contribution in [-0.4, -0.2) is 39.2 Å². The molecule has 3 unspecified atom stereocenters. The van der Waals surface area contributed by atoms with Gasteiger partial charge in [0.05, 0.1) is 24.7 Å². The van der Waals surface area contributed by atoms with E-state index < -0.39 is 23.3 Å². The lowest BCUT2D eigenvalue weighted by atomic mass is 9.83. The summed E-state index contributed by atoms with van der Waals surface area (Å²) in [6.45, 7) is 0. The molecule has 2 aromatic carbocycles. The van der Waals surface area contributed by atoms with Crippen molar-refractivity contribution in [1.82, 2.24) is 9.78 Å². The van der Waals surface area contributed by atoms with Crippen molar-refractivity contribution in [2.45, 2.75) is 36.6 Å². The van der Waals surface area contributed by atoms with E-state index in [1.807, 2.05) is 16.9 Å². The van der Waals surface area contributed by atoms with Crippen molar-refractivity contribution in [2.24, 2.45) is 0 Å². The molecule has 2 aliphatic carbocycles. The van der Waals surface area contributed by atoms with Crippen LogP contribution in [0.5, 0.6) is 0 Å². The number of halogens is 1. The molecule has 7 heteroatoms. The van der Waals surface area contributed by atoms with Crippen LogP contribution in [0.2, 0.25) is 0 Å². The highest BCUT2D eigenvalue weighted by molar-refractivity contribution is 5.77. The average molecular weight is 456 g/mol. The minimum atomic E-state index is -1.39. The minimum Gasteiger partial charge on any atom is -0.467 e. The zero-order chi connectivity index (χ0) is 23.5. The smallest absolute Gasteiger partial charge is 0.339 e. The van der Waals surface area contributed by atoms with Crippen LogP contribution in [0.4, 0.5) is 4.39 Å². The van der Waals surface area contributed by atoms with Crippen LogP contribution in [0.15, 0.2) is 60.3 Å². The number of hydrogen-bond donors (Lipinski definition) is 1. The van der Waals surface area contributed by atoms with Crippen LogP contribution in [-0.2, 0) is 20.7 Å². The van der Waals surface area contributed by atoms with Crippen molar-refractivity contribution in [3.05, 3.63) is 88.5 Å². The summed E-state index contributed by atoms with van der Waals surface area (Å²) in [5, 5.41) is 14.9. The van der Waals surface area contributed by atoms with Gasteiger partial charge in [-0.25, -0.2) is 13.9 Å². The summed E-state index contributed by atoms with van der Waals surface area (Å²) in [7, 11) is 1.24. The number of ether oxygens (including phenoxy) is 2. The van der Waals surface area contributed by atoms with Crippen molar-refractivity contribution < 1.29 is 23.8 Å². The molecule has 34 heavy (non-hydrogen) atoms. The van der Waals surface area contributed by atoms with Gasteiger partial charge >= 0.3 is 5.97 Å². The number of aromatic nitrogens is 2. The molecule has 0 bridgehead atoms. The van der Waals surface area contributed by atoms with Crippen LogP contribution < -0.4 is 0 Å². The number of carbonyl (C=O) groups is 1. The Bertz CT molecular complexity index is 1410. The number of hydrogen-bond acceptors (Lipinski definition) is 5. The number of fused-ring (bicyclic) bond motifs is 1. The molecule has 0 amide bonds. The molecule has 1 aliphatic heterocycles. The van der Waals surface area contributed by atoms with Gasteiger partial charge in [0.15, 0.2) is 11.7 Å². The van der Waals surface area contributed by atoms with E-state index in [-0.39, 0.29) is 5.82 Å². The van der Waals surface area contributed by atoms with Crippen LogP contribution in [0.1, 0.15) is 41.3 Å². The quantitative estimate of drug-likeness (QED) is 0.371. The van der Waals surface area contributed by atoms with Gasteiger partial charge in [-0.1, -0.05) is 30.0 Å². The van der Waals surface area contributed by atoms with Crippen LogP contribution in [0.25, 0.3) is 11.8 Å². The third kappa shape index (κ3) is 2.96. The molecule has 1 spiro atoms. The highest BCUT2D eigenvalue weighted by atomic mass is 19.1. The molecule has 1 aromatic heterocycles. The molecular weight excluding hydrogens is 435 g/mol. The molecule has 1 saturated carbocycles. The average Bonchev–Trinajstić information content (AvgIpc) is 3.13. The Hall–Kier alpha value is -3.73. The van der Waals surface area contributed by atoms with E-state index in [1.54, 1.807) is 30.3 Å². The molecule has 3 aromatic rings. The zero-order valence-electron chi connectivity index (χ0n) is 18.4. The Morgan fingerprint density at radius 1 is 1.26 bits per heavy atom. The van der Waals surface area contributed by atoms with Gasteiger partial charge in [-0.05, 0) is 54.8 Å². The maximum atomic E-state index is 13.4. The van der Waals surface area contributed by atoms with E-state index >= 15 is 0 Å². The van der Waals surface area contributed by atoms with Crippen molar-refractivity contribution >= 4 is 12.0 Å². The summed E-state index contributed by atoms with van der Waals surface area (Å²) >= 11 is 0. The largest absolute Gasteiger partial charge is 0.467 e. The number of benzene rings is 2. The van der Waals surface area contributed by atoms with Gasteiger partial charge in [0.2, 0.25) is 0 Å². The number of carbonyl (C=O) groups excluding carboxylic acids is 1.